The second-order valence-electron chi connectivity index (χ2n) is 3.02. The number of hydrogen-bond donors (Lipinski definition) is 0. The SMILES string of the molecule is C#CCOC(=O)C1=CCN(C)CC1. The number of ether oxygens (including phenoxy) is 1. The van der Waals surface area contributed by atoms with E-state index in [9.17, 15) is 4.79 Å². The van der Waals surface area contributed by atoms with Crippen LogP contribution >= 0.6 is 0 Å². The first-order chi connectivity index (χ1) is 6.24. The van der Waals surface area contributed by atoms with Gasteiger partial charge in [-0.1, -0.05) is 12.0 Å². The molecule has 0 fully saturated rings. The quantitative estimate of drug-likeness (QED) is 0.454. The number of esters is 1. The van der Waals surface area contributed by atoms with Crippen LogP contribution in [0.15, 0.2) is 11.6 Å². The Balaban J connectivity index is 2.44. The van der Waals surface area contributed by atoms with Gasteiger partial charge in [-0.3, -0.25) is 0 Å². The third kappa shape index (κ3) is 2.92. The van der Waals surface area contributed by atoms with Crippen molar-refractivity contribution in [3.8, 4) is 12.3 Å². The molecule has 70 valence electrons. The van der Waals surface area contributed by atoms with Crippen LogP contribution in [0.25, 0.3) is 0 Å². The van der Waals surface area contributed by atoms with E-state index in [1.165, 1.54) is 0 Å². The molecule has 0 amide bonds. The van der Waals surface area contributed by atoms with Crippen LogP contribution in [0.3, 0.4) is 0 Å². The van der Waals surface area contributed by atoms with Gasteiger partial charge in [-0.05, 0) is 13.5 Å². The number of nitrogens with zero attached hydrogens (tertiary/aromatic N) is 1. The molecular formula is C10H13NO2. The minimum atomic E-state index is -0.272. The van der Waals surface area contributed by atoms with Crippen molar-refractivity contribution in [2.24, 2.45) is 0 Å². The summed E-state index contributed by atoms with van der Waals surface area (Å²) in [7, 11) is 2.01. The minimum absolute atomic E-state index is 0.0615. The molecule has 0 radical (unpaired) electrons. The standard InChI is InChI=1S/C10H13NO2/c1-3-8-13-10(12)9-4-6-11(2)7-5-9/h1,4H,5-8H2,2H3. The number of carbonyl (C=O) groups is 1. The summed E-state index contributed by atoms with van der Waals surface area (Å²) in [5, 5.41) is 0. The van der Waals surface area contributed by atoms with Crippen molar-refractivity contribution in [2.75, 3.05) is 26.7 Å². The van der Waals surface area contributed by atoms with Crippen molar-refractivity contribution >= 4 is 5.97 Å². The fourth-order valence-electron chi connectivity index (χ4n) is 1.16. The summed E-state index contributed by atoms with van der Waals surface area (Å²) in [6.45, 7) is 1.77. The third-order valence-electron chi connectivity index (χ3n) is 1.96. The smallest absolute Gasteiger partial charge is 0.334 e. The average molecular weight is 179 g/mol. The van der Waals surface area contributed by atoms with Crippen molar-refractivity contribution in [3.63, 3.8) is 0 Å². The van der Waals surface area contributed by atoms with Crippen LogP contribution in [0.4, 0.5) is 0 Å². The van der Waals surface area contributed by atoms with Gasteiger partial charge in [0, 0.05) is 18.7 Å². The molecule has 0 bridgehead atoms. The molecule has 1 aliphatic rings. The summed E-state index contributed by atoms with van der Waals surface area (Å²) in [5.74, 6) is 1.99. The van der Waals surface area contributed by atoms with Crippen LogP contribution in [0.2, 0.25) is 0 Å². The predicted octanol–water partition coefficient (Wildman–Crippen LogP) is 0.425. The molecule has 0 aromatic rings. The monoisotopic (exact) mass is 179 g/mol. The summed E-state index contributed by atoms with van der Waals surface area (Å²) in [5.41, 5.74) is 0.744. The Morgan fingerprint density at radius 3 is 3.15 bits per heavy atom. The number of carbonyl (C=O) groups excluding carboxylic acids is 1. The summed E-state index contributed by atoms with van der Waals surface area (Å²) in [6, 6.07) is 0. The molecule has 1 aliphatic heterocycles. The van der Waals surface area contributed by atoms with Crippen molar-refractivity contribution in [2.45, 2.75) is 6.42 Å². The lowest BCUT2D eigenvalue weighted by Crippen LogP contribution is -2.26. The Bertz CT molecular complexity index is 263. The van der Waals surface area contributed by atoms with Gasteiger partial charge in [0.05, 0.1) is 0 Å². The molecule has 0 N–H and O–H groups in total. The van der Waals surface area contributed by atoms with Crippen LogP contribution in [-0.4, -0.2) is 37.6 Å². The molecule has 0 atom stereocenters. The van der Waals surface area contributed by atoms with Gasteiger partial charge in [0.2, 0.25) is 0 Å². The first-order valence-electron chi connectivity index (χ1n) is 4.22. The molecule has 1 heterocycles. The molecule has 0 aromatic carbocycles. The zero-order valence-electron chi connectivity index (χ0n) is 7.75. The summed E-state index contributed by atoms with van der Waals surface area (Å²) in [4.78, 5) is 13.4. The van der Waals surface area contributed by atoms with Crippen molar-refractivity contribution < 1.29 is 9.53 Å². The second kappa shape index (κ2) is 4.68. The molecule has 0 saturated heterocycles. The van der Waals surface area contributed by atoms with Gasteiger partial charge in [0.25, 0.3) is 0 Å². The second-order valence-corrected chi connectivity index (χ2v) is 3.02. The zero-order valence-corrected chi connectivity index (χ0v) is 7.75. The maximum Gasteiger partial charge on any atom is 0.334 e. The van der Waals surface area contributed by atoms with Crippen LogP contribution in [0.5, 0.6) is 0 Å². The maximum atomic E-state index is 11.3. The first kappa shape index (κ1) is 9.82. The topological polar surface area (TPSA) is 29.5 Å². The predicted molar refractivity (Wildman–Crippen MR) is 50.0 cm³/mol. The highest BCUT2D eigenvalue weighted by atomic mass is 16.5. The van der Waals surface area contributed by atoms with E-state index in [0.29, 0.717) is 0 Å². The van der Waals surface area contributed by atoms with Crippen LogP contribution in [0.1, 0.15) is 6.42 Å². The highest BCUT2D eigenvalue weighted by Crippen LogP contribution is 2.10. The van der Waals surface area contributed by atoms with Gasteiger partial charge in [0.1, 0.15) is 0 Å². The van der Waals surface area contributed by atoms with Crippen LogP contribution in [-0.2, 0) is 9.53 Å². The number of terminal acetylenes is 1. The van der Waals surface area contributed by atoms with E-state index in [0.717, 1.165) is 25.1 Å². The van der Waals surface area contributed by atoms with E-state index in [-0.39, 0.29) is 12.6 Å². The Labute approximate surface area is 78.4 Å². The molecular weight excluding hydrogens is 166 g/mol. The Morgan fingerprint density at radius 1 is 1.85 bits per heavy atom. The normalized spacial score (nSPS) is 17.4. The molecule has 0 saturated carbocycles. The van der Waals surface area contributed by atoms with E-state index < -0.39 is 0 Å². The fourth-order valence-corrected chi connectivity index (χ4v) is 1.16. The zero-order chi connectivity index (χ0) is 9.68. The lowest BCUT2D eigenvalue weighted by molar-refractivity contribution is -0.137. The van der Waals surface area contributed by atoms with Gasteiger partial charge in [-0.25, -0.2) is 4.79 Å². The lowest BCUT2D eigenvalue weighted by atomic mass is 10.1. The molecule has 1 rings (SSSR count). The highest BCUT2D eigenvalue weighted by Gasteiger charge is 2.15. The van der Waals surface area contributed by atoms with Crippen LogP contribution < -0.4 is 0 Å². The molecule has 3 nitrogen and oxygen atoms in total. The van der Waals surface area contributed by atoms with Gasteiger partial charge in [-0.2, -0.15) is 0 Å². The Hall–Kier alpha value is -1.27. The molecule has 0 spiro atoms. The van der Waals surface area contributed by atoms with Gasteiger partial charge >= 0.3 is 5.97 Å². The Kier molecular flexibility index (Phi) is 3.53. The minimum Gasteiger partial charge on any atom is -0.449 e. The summed E-state index contributed by atoms with van der Waals surface area (Å²) >= 11 is 0. The fraction of sp³-hybridized carbons (Fsp3) is 0.500. The van der Waals surface area contributed by atoms with E-state index >= 15 is 0 Å². The molecule has 3 heteroatoms. The van der Waals surface area contributed by atoms with Crippen LogP contribution in [0, 0.1) is 12.3 Å². The number of hydrogen-bond acceptors (Lipinski definition) is 3. The molecule has 13 heavy (non-hydrogen) atoms. The number of rotatable bonds is 2. The largest absolute Gasteiger partial charge is 0.449 e. The van der Waals surface area contributed by atoms with Crippen molar-refractivity contribution in [3.05, 3.63) is 11.6 Å². The van der Waals surface area contributed by atoms with E-state index in [4.69, 9.17) is 11.2 Å². The van der Waals surface area contributed by atoms with Crippen molar-refractivity contribution in [1.82, 2.24) is 4.90 Å². The molecule has 0 unspecified atom stereocenters. The third-order valence-corrected chi connectivity index (χ3v) is 1.96. The first-order valence-corrected chi connectivity index (χ1v) is 4.22. The summed E-state index contributed by atoms with van der Waals surface area (Å²) < 4.78 is 4.80. The van der Waals surface area contributed by atoms with E-state index in [1.54, 1.807) is 0 Å². The number of likely N-dealkylation sites (N-methyl/N-ethyl adjacent to an activating group) is 1. The van der Waals surface area contributed by atoms with Gasteiger partial charge in [0.15, 0.2) is 6.61 Å². The van der Waals surface area contributed by atoms with E-state index in [2.05, 4.69) is 10.8 Å². The van der Waals surface area contributed by atoms with Gasteiger partial charge < -0.3 is 9.64 Å². The highest BCUT2D eigenvalue weighted by molar-refractivity contribution is 5.88. The molecule has 0 aromatic heterocycles. The average Bonchev–Trinajstić information content (AvgIpc) is 2.15. The molecule has 0 aliphatic carbocycles. The Morgan fingerprint density at radius 2 is 2.62 bits per heavy atom. The van der Waals surface area contributed by atoms with E-state index in [1.807, 2.05) is 13.1 Å². The summed E-state index contributed by atoms with van der Waals surface area (Å²) in [6.07, 6.45) is 7.61. The van der Waals surface area contributed by atoms with Gasteiger partial charge in [-0.15, -0.1) is 6.42 Å². The lowest BCUT2D eigenvalue weighted by Gasteiger charge is -2.20. The van der Waals surface area contributed by atoms with Crippen molar-refractivity contribution in [1.29, 1.82) is 0 Å². The maximum absolute atomic E-state index is 11.3.